The molecule has 0 aliphatic rings. The zero-order valence-electron chi connectivity index (χ0n) is 36.9. The number of allylic oxidation sites excluding steroid dienone is 2. The minimum absolute atomic E-state index is 0.0170. The molecule has 0 radical (unpaired) electrons. The Hall–Kier alpha value is -1.40. The van der Waals surface area contributed by atoms with Crippen LogP contribution in [0.4, 0.5) is 0 Å². The first-order valence-corrected chi connectivity index (χ1v) is 24.4. The number of ether oxygens (including phenoxy) is 1. The fourth-order valence-electron chi connectivity index (χ4n) is 7.51. The number of aliphatic hydroxyl groups excluding tert-OH is 2. The Morgan fingerprint density at radius 1 is 0.491 bits per heavy atom. The number of nitrogens with one attached hydrogen (secondary N) is 1. The van der Waals surface area contributed by atoms with Crippen LogP contribution < -0.4 is 5.32 Å². The SMILES string of the molecule is CCCCCCCCC/C=C\CCCCCCCCCC(=O)OCCCCCCCCCCCCCC(=O)NC(CO)C(O)CCCCCCCCCCC. The van der Waals surface area contributed by atoms with Crippen molar-refractivity contribution < 1.29 is 24.5 Å². The van der Waals surface area contributed by atoms with Crippen LogP contribution in [0.25, 0.3) is 0 Å². The van der Waals surface area contributed by atoms with Crippen molar-refractivity contribution in [2.75, 3.05) is 13.2 Å². The van der Waals surface area contributed by atoms with E-state index in [1.165, 1.54) is 173 Å². The first-order valence-electron chi connectivity index (χ1n) is 24.4. The lowest BCUT2D eigenvalue weighted by molar-refractivity contribution is -0.143. The van der Waals surface area contributed by atoms with Crippen LogP contribution in [0.2, 0.25) is 0 Å². The zero-order valence-corrected chi connectivity index (χ0v) is 36.9. The lowest BCUT2D eigenvalue weighted by Crippen LogP contribution is -2.45. The van der Waals surface area contributed by atoms with Gasteiger partial charge in [0, 0.05) is 12.8 Å². The van der Waals surface area contributed by atoms with Crippen LogP contribution in [0.3, 0.4) is 0 Å². The zero-order chi connectivity index (χ0) is 40.1. The fourth-order valence-corrected chi connectivity index (χ4v) is 7.51. The highest BCUT2D eigenvalue weighted by Crippen LogP contribution is 2.16. The maximum atomic E-state index is 12.4. The summed E-state index contributed by atoms with van der Waals surface area (Å²) in [7, 11) is 0. The second-order valence-corrected chi connectivity index (χ2v) is 16.8. The number of hydrogen-bond acceptors (Lipinski definition) is 5. The molecule has 0 spiro atoms. The number of unbranched alkanes of at least 4 members (excludes halogenated alkanes) is 32. The molecule has 3 N–H and O–H groups in total. The molecule has 0 aromatic carbocycles. The summed E-state index contributed by atoms with van der Waals surface area (Å²) in [6.07, 6.45) is 50.3. The highest BCUT2D eigenvalue weighted by atomic mass is 16.5. The molecule has 0 heterocycles. The van der Waals surface area contributed by atoms with Crippen LogP contribution in [0.1, 0.15) is 264 Å². The lowest BCUT2D eigenvalue weighted by Gasteiger charge is -2.22. The smallest absolute Gasteiger partial charge is 0.305 e. The Kier molecular flexibility index (Phi) is 44.2. The van der Waals surface area contributed by atoms with Crippen LogP contribution in [0.15, 0.2) is 12.2 Å². The van der Waals surface area contributed by atoms with Gasteiger partial charge in [-0.3, -0.25) is 9.59 Å². The molecular weight excluding hydrogens is 683 g/mol. The molecule has 326 valence electrons. The maximum Gasteiger partial charge on any atom is 0.305 e. The van der Waals surface area contributed by atoms with E-state index in [9.17, 15) is 19.8 Å². The predicted octanol–water partition coefficient (Wildman–Crippen LogP) is 14.2. The van der Waals surface area contributed by atoms with Gasteiger partial charge in [-0.1, -0.05) is 212 Å². The molecule has 0 saturated heterocycles. The van der Waals surface area contributed by atoms with Gasteiger partial charge < -0.3 is 20.3 Å². The highest BCUT2D eigenvalue weighted by Gasteiger charge is 2.20. The number of esters is 1. The number of aliphatic hydroxyl groups is 2. The number of rotatable bonds is 45. The molecule has 0 aromatic heterocycles. The van der Waals surface area contributed by atoms with E-state index in [2.05, 4.69) is 31.3 Å². The Labute approximate surface area is 342 Å². The average molecular weight is 778 g/mol. The standard InChI is InChI=1S/C49H95NO5/c1-3-5-7-9-11-13-14-15-16-17-18-19-20-23-27-31-35-39-43-49(54)55-44-40-36-32-28-24-21-22-26-30-34-38-42-48(53)50-46(45-51)47(52)41-37-33-29-25-12-10-8-6-4-2/h16-17,46-47,51-52H,3-15,18-45H2,1-2H3,(H,50,53)/b17-16-. The van der Waals surface area contributed by atoms with Gasteiger partial charge in [0.25, 0.3) is 0 Å². The molecule has 0 aliphatic heterocycles. The molecular formula is C49H95NO5. The van der Waals surface area contributed by atoms with Crippen molar-refractivity contribution in [2.24, 2.45) is 0 Å². The van der Waals surface area contributed by atoms with E-state index in [-0.39, 0.29) is 18.5 Å². The quantitative estimate of drug-likeness (QED) is 0.0325. The highest BCUT2D eigenvalue weighted by molar-refractivity contribution is 5.76. The summed E-state index contributed by atoms with van der Waals surface area (Å²) >= 11 is 0. The molecule has 0 bridgehead atoms. The Balaban J connectivity index is 3.43. The Morgan fingerprint density at radius 2 is 0.855 bits per heavy atom. The van der Waals surface area contributed by atoms with Crippen LogP contribution in [-0.2, 0) is 14.3 Å². The van der Waals surface area contributed by atoms with Gasteiger partial charge in [-0.05, 0) is 51.4 Å². The van der Waals surface area contributed by atoms with Crippen molar-refractivity contribution in [1.82, 2.24) is 5.32 Å². The van der Waals surface area contributed by atoms with Gasteiger partial charge >= 0.3 is 5.97 Å². The van der Waals surface area contributed by atoms with E-state index in [0.717, 1.165) is 57.8 Å². The van der Waals surface area contributed by atoms with Gasteiger partial charge in [0.15, 0.2) is 0 Å². The van der Waals surface area contributed by atoms with Crippen LogP contribution in [0.5, 0.6) is 0 Å². The Morgan fingerprint density at radius 3 is 1.29 bits per heavy atom. The first kappa shape index (κ1) is 53.6. The summed E-state index contributed by atoms with van der Waals surface area (Å²) in [5.41, 5.74) is 0. The number of carbonyl (C=O) groups excluding carboxylic acids is 2. The van der Waals surface area contributed by atoms with E-state index in [0.29, 0.717) is 25.9 Å². The van der Waals surface area contributed by atoms with E-state index >= 15 is 0 Å². The summed E-state index contributed by atoms with van der Waals surface area (Å²) in [4.78, 5) is 24.4. The summed E-state index contributed by atoms with van der Waals surface area (Å²) < 4.78 is 5.46. The molecule has 55 heavy (non-hydrogen) atoms. The summed E-state index contributed by atoms with van der Waals surface area (Å²) in [6, 6.07) is -0.552. The molecule has 2 atom stereocenters. The molecule has 0 saturated carbocycles. The van der Waals surface area contributed by atoms with Crippen molar-refractivity contribution in [3.63, 3.8) is 0 Å². The fraction of sp³-hybridized carbons (Fsp3) is 0.918. The first-order chi connectivity index (χ1) is 27.0. The number of hydrogen-bond donors (Lipinski definition) is 3. The van der Waals surface area contributed by atoms with E-state index < -0.39 is 12.1 Å². The van der Waals surface area contributed by atoms with Crippen LogP contribution in [0, 0.1) is 0 Å². The molecule has 0 fully saturated rings. The monoisotopic (exact) mass is 778 g/mol. The lowest BCUT2D eigenvalue weighted by atomic mass is 10.0. The topological polar surface area (TPSA) is 95.9 Å². The van der Waals surface area contributed by atoms with E-state index in [1.54, 1.807) is 0 Å². The van der Waals surface area contributed by atoms with Gasteiger partial charge in [0.05, 0.1) is 25.4 Å². The largest absolute Gasteiger partial charge is 0.466 e. The normalized spacial score (nSPS) is 12.7. The molecule has 0 rings (SSSR count). The maximum absolute atomic E-state index is 12.4. The Bertz CT molecular complexity index is 817. The van der Waals surface area contributed by atoms with E-state index in [4.69, 9.17) is 4.74 Å². The second kappa shape index (κ2) is 45.3. The molecule has 6 nitrogen and oxygen atoms in total. The molecule has 6 heteroatoms. The third-order valence-corrected chi connectivity index (χ3v) is 11.3. The van der Waals surface area contributed by atoms with Gasteiger partial charge in [-0.2, -0.15) is 0 Å². The number of amides is 1. The van der Waals surface area contributed by atoms with Crippen molar-refractivity contribution >= 4 is 11.9 Å². The minimum Gasteiger partial charge on any atom is -0.466 e. The van der Waals surface area contributed by atoms with Crippen LogP contribution in [-0.4, -0.2) is 47.4 Å². The van der Waals surface area contributed by atoms with Gasteiger partial charge in [0.1, 0.15) is 0 Å². The molecule has 1 amide bonds. The summed E-state index contributed by atoms with van der Waals surface area (Å²) in [5, 5.41) is 23.0. The minimum atomic E-state index is -0.673. The van der Waals surface area contributed by atoms with Crippen molar-refractivity contribution in [3.8, 4) is 0 Å². The van der Waals surface area contributed by atoms with Gasteiger partial charge in [0.2, 0.25) is 5.91 Å². The van der Waals surface area contributed by atoms with E-state index in [1.807, 2.05) is 0 Å². The summed E-state index contributed by atoms with van der Waals surface area (Å²) in [6.45, 7) is 4.88. The van der Waals surface area contributed by atoms with Crippen molar-refractivity contribution in [1.29, 1.82) is 0 Å². The second-order valence-electron chi connectivity index (χ2n) is 16.8. The number of carbonyl (C=O) groups is 2. The summed E-state index contributed by atoms with van der Waals surface area (Å²) in [5.74, 6) is -0.0733. The van der Waals surface area contributed by atoms with Crippen molar-refractivity contribution in [2.45, 2.75) is 276 Å². The van der Waals surface area contributed by atoms with Crippen molar-refractivity contribution in [3.05, 3.63) is 12.2 Å². The molecule has 0 aliphatic carbocycles. The predicted molar refractivity (Wildman–Crippen MR) is 237 cm³/mol. The average Bonchev–Trinajstić information content (AvgIpc) is 3.18. The van der Waals surface area contributed by atoms with Gasteiger partial charge in [-0.15, -0.1) is 0 Å². The third kappa shape index (κ3) is 42.0. The molecule has 2 unspecified atom stereocenters. The van der Waals surface area contributed by atoms with Crippen LogP contribution >= 0.6 is 0 Å². The molecule has 0 aromatic rings. The van der Waals surface area contributed by atoms with Gasteiger partial charge in [-0.25, -0.2) is 0 Å². The third-order valence-electron chi connectivity index (χ3n) is 11.3.